The largest absolute Gasteiger partial charge is 0.497 e. The van der Waals surface area contributed by atoms with Crippen LogP contribution in [0.4, 0.5) is 8.78 Å². The van der Waals surface area contributed by atoms with Crippen LogP contribution in [0.5, 0.6) is 0 Å². The van der Waals surface area contributed by atoms with E-state index in [1.807, 2.05) is 12.2 Å². The summed E-state index contributed by atoms with van der Waals surface area (Å²) >= 11 is 0. The molecule has 0 radical (unpaired) electrons. The summed E-state index contributed by atoms with van der Waals surface area (Å²) in [4.78, 5) is 0. The SMILES string of the molecule is COC1=CCC(OC2=CC(F)=CC(F)C2)C=C1. The molecule has 0 amide bonds. The smallest absolute Gasteiger partial charge is 0.128 e. The molecular formula is C13H14F2O2. The molecule has 0 heterocycles. The fourth-order valence-corrected chi connectivity index (χ4v) is 1.78. The predicted octanol–water partition coefficient (Wildman–Crippen LogP) is 3.34. The van der Waals surface area contributed by atoms with Crippen molar-refractivity contribution in [3.8, 4) is 0 Å². The Bertz CT molecular complexity index is 408. The van der Waals surface area contributed by atoms with Gasteiger partial charge in [-0.15, -0.1) is 0 Å². The first-order valence-electron chi connectivity index (χ1n) is 5.48. The summed E-state index contributed by atoms with van der Waals surface area (Å²) in [7, 11) is 1.59. The molecule has 2 atom stereocenters. The van der Waals surface area contributed by atoms with E-state index < -0.39 is 12.0 Å². The lowest BCUT2D eigenvalue weighted by molar-refractivity contribution is 0.133. The summed E-state index contributed by atoms with van der Waals surface area (Å²) in [5, 5.41) is 0. The van der Waals surface area contributed by atoms with Crippen molar-refractivity contribution in [3.63, 3.8) is 0 Å². The predicted molar refractivity (Wildman–Crippen MR) is 60.5 cm³/mol. The molecular weight excluding hydrogens is 226 g/mol. The van der Waals surface area contributed by atoms with Crippen LogP contribution >= 0.6 is 0 Å². The highest BCUT2D eigenvalue weighted by Crippen LogP contribution is 2.25. The van der Waals surface area contributed by atoms with Crippen LogP contribution in [0.3, 0.4) is 0 Å². The Kier molecular flexibility index (Phi) is 3.61. The van der Waals surface area contributed by atoms with Crippen LogP contribution in [0.15, 0.2) is 47.7 Å². The van der Waals surface area contributed by atoms with E-state index in [4.69, 9.17) is 9.47 Å². The van der Waals surface area contributed by atoms with Gasteiger partial charge in [-0.1, -0.05) is 0 Å². The van der Waals surface area contributed by atoms with Crippen molar-refractivity contribution in [2.75, 3.05) is 7.11 Å². The maximum Gasteiger partial charge on any atom is 0.128 e. The lowest BCUT2D eigenvalue weighted by atomic mass is 10.1. The number of hydrogen-bond donors (Lipinski definition) is 0. The number of halogens is 2. The summed E-state index contributed by atoms with van der Waals surface area (Å²) in [5.74, 6) is 0.546. The van der Waals surface area contributed by atoms with Crippen LogP contribution in [0.1, 0.15) is 12.8 Å². The highest BCUT2D eigenvalue weighted by Gasteiger charge is 2.19. The first-order chi connectivity index (χ1) is 8.17. The average Bonchev–Trinajstić information content (AvgIpc) is 2.28. The van der Waals surface area contributed by atoms with Crippen molar-refractivity contribution < 1.29 is 18.3 Å². The van der Waals surface area contributed by atoms with E-state index >= 15 is 0 Å². The van der Waals surface area contributed by atoms with E-state index in [1.54, 1.807) is 13.2 Å². The molecule has 2 rings (SSSR count). The van der Waals surface area contributed by atoms with Crippen molar-refractivity contribution in [3.05, 3.63) is 47.7 Å². The van der Waals surface area contributed by atoms with Crippen molar-refractivity contribution in [1.29, 1.82) is 0 Å². The normalized spacial score (nSPS) is 28.1. The molecule has 2 nitrogen and oxygen atoms in total. The van der Waals surface area contributed by atoms with Gasteiger partial charge in [-0.3, -0.25) is 0 Å². The van der Waals surface area contributed by atoms with Crippen molar-refractivity contribution in [2.24, 2.45) is 0 Å². The first-order valence-corrected chi connectivity index (χ1v) is 5.48. The maximum absolute atomic E-state index is 13.1. The van der Waals surface area contributed by atoms with E-state index in [-0.39, 0.29) is 12.5 Å². The number of alkyl halides is 1. The second kappa shape index (κ2) is 5.17. The first kappa shape index (κ1) is 11.9. The molecule has 0 spiro atoms. The minimum Gasteiger partial charge on any atom is -0.497 e. The molecule has 2 aliphatic rings. The maximum atomic E-state index is 13.1. The van der Waals surface area contributed by atoms with Crippen LogP contribution in [-0.2, 0) is 9.47 Å². The Balaban J connectivity index is 1.94. The Morgan fingerprint density at radius 2 is 2.24 bits per heavy atom. The zero-order valence-electron chi connectivity index (χ0n) is 9.53. The van der Waals surface area contributed by atoms with E-state index in [2.05, 4.69) is 0 Å². The van der Waals surface area contributed by atoms with Gasteiger partial charge in [-0.05, 0) is 24.3 Å². The lowest BCUT2D eigenvalue weighted by Gasteiger charge is -2.21. The standard InChI is InChI=1S/C13H14F2O2/c1-16-11-2-4-12(5-3-11)17-13-7-9(14)6-10(15)8-13/h2-4,6-7,10,12H,5,8H2,1H3. The third kappa shape index (κ3) is 3.19. The van der Waals surface area contributed by atoms with Crippen LogP contribution in [-0.4, -0.2) is 19.4 Å². The summed E-state index contributed by atoms with van der Waals surface area (Å²) in [5.41, 5.74) is 0. The van der Waals surface area contributed by atoms with Gasteiger partial charge in [0.25, 0.3) is 0 Å². The number of allylic oxidation sites excluding steroid dienone is 5. The minimum absolute atomic E-state index is 0.0958. The minimum atomic E-state index is -1.30. The second-order valence-corrected chi connectivity index (χ2v) is 3.94. The topological polar surface area (TPSA) is 18.5 Å². The molecule has 0 aromatic carbocycles. The van der Waals surface area contributed by atoms with Crippen LogP contribution in [0.2, 0.25) is 0 Å². The second-order valence-electron chi connectivity index (χ2n) is 3.94. The third-order valence-corrected chi connectivity index (χ3v) is 2.60. The zero-order chi connectivity index (χ0) is 12.3. The van der Waals surface area contributed by atoms with Gasteiger partial charge < -0.3 is 9.47 Å². The molecule has 0 N–H and O–H groups in total. The van der Waals surface area contributed by atoms with Crippen molar-refractivity contribution in [2.45, 2.75) is 25.1 Å². The van der Waals surface area contributed by atoms with Gasteiger partial charge in [0.1, 0.15) is 29.6 Å². The summed E-state index contributed by atoms with van der Waals surface area (Å²) in [6.45, 7) is 0. The van der Waals surface area contributed by atoms with E-state index in [9.17, 15) is 8.78 Å². The van der Waals surface area contributed by atoms with Crippen LogP contribution in [0, 0.1) is 0 Å². The van der Waals surface area contributed by atoms with Crippen molar-refractivity contribution in [1.82, 2.24) is 0 Å². The molecule has 17 heavy (non-hydrogen) atoms. The Labute approximate surface area is 98.9 Å². The molecule has 0 saturated heterocycles. The Morgan fingerprint density at radius 3 is 2.82 bits per heavy atom. The zero-order valence-corrected chi connectivity index (χ0v) is 9.53. The van der Waals surface area contributed by atoms with E-state index in [0.717, 1.165) is 11.8 Å². The van der Waals surface area contributed by atoms with Gasteiger partial charge in [-0.25, -0.2) is 8.78 Å². The number of methoxy groups -OCH3 is 1. The van der Waals surface area contributed by atoms with Gasteiger partial charge in [0, 0.05) is 18.9 Å². The van der Waals surface area contributed by atoms with Crippen LogP contribution < -0.4 is 0 Å². The molecule has 0 aliphatic heterocycles. The van der Waals surface area contributed by atoms with E-state index in [0.29, 0.717) is 12.2 Å². The summed E-state index contributed by atoms with van der Waals surface area (Å²) in [6.07, 6.45) is 6.93. The van der Waals surface area contributed by atoms with Gasteiger partial charge in [0.05, 0.1) is 7.11 Å². The molecule has 0 bridgehead atoms. The number of hydrogen-bond acceptors (Lipinski definition) is 2. The average molecular weight is 240 g/mol. The summed E-state index contributed by atoms with van der Waals surface area (Å²) < 4.78 is 36.6. The highest BCUT2D eigenvalue weighted by atomic mass is 19.1. The van der Waals surface area contributed by atoms with Crippen molar-refractivity contribution >= 4 is 0 Å². The fraction of sp³-hybridized carbons (Fsp3) is 0.385. The Hall–Kier alpha value is -1.58. The molecule has 4 heteroatoms. The summed E-state index contributed by atoms with van der Waals surface area (Å²) in [6, 6.07) is 0. The molecule has 2 aliphatic carbocycles. The van der Waals surface area contributed by atoms with Gasteiger partial charge >= 0.3 is 0 Å². The fourth-order valence-electron chi connectivity index (χ4n) is 1.78. The van der Waals surface area contributed by atoms with Gasteiger partial charge in [0.2, 0.25) is 0 Å². The molecule has 92 valence electrons. The molecule has 0 aromatic rings. The molecule has 0 saturated carbocycles. The molecule has 2 unspecified atom stereocenters. The lowest BCUT2D eigenvalue weighted by Crippen LogP contribution is -2.15. The van der Waals surface area contributed by atoms with Gasteiger partial charge in [0.15, 0.2) is 0 Å². The highest BCUT2D eigenvalue weighted by molar-refractivity contribution is 5.24. The monoisotopic (exact) mass is 240 g/mol. The third-order valence-electron chi connectivity index (χ3n) is 2.60. The quantitative estimate of drug-likeness (QED) is 0.753. The molecule has 0 fully saturated rings. The molecule has 0 aromatic heterocycles. The van der Waals surface area contributed by atoms with Crippen LogP contribution in [0.25, 0.3) is 0 Å². The van der Waals surface area contributed by atoms with Gasteiger partial charge in [-0.2, -0.15) is 0 Å². The number of ether oxygens (including phenoxy) is 2. The Morgan fingerprint density at radius 1 is 1.41 bits per heavy atom. The van der Waals surface area contributed by atoms with E-state index in [1.165, 1.54) is 6.08 Å². The number of rotatable bonds is 3.